The van der Waals surface area contributed by atoms with Gasteiger partial charge in [0.15, 0.2) is 5.43 Å². The van der Waals surface area contributed by atoms with Crippen LogP contribution in [0.5, 0.6) is 0 Å². The summed E-state index contributed by atoms with van der Waals surface area (Å²) in [5.74, 6) is -0.709. The lowest BCUT2D eigenvalue weighted by molar-refractivity contribution is 0.0697. The first kappa shape index (κ1) is 12.1. The summed E-state index contributed by atoms with van der Waals surface area (Å²) >= 11 is 0. The highest BCUT2D eigenvalue weighted by Crippen LogP contribution is 2.22. The Morgan fingerprint density at radius 3 is 2.75 bits per heavy atom. The van der Waals surface area contributed by atoms with E-state index in [1.165, 1.54) is 24.3 Å². The Bertz CT molecular complexity index is 853. The number of hydrogen-bond donors (Lipinski definition) is 1. The number of pyridine rings is 1. The van der Waals surface area contributed by atoms with E-state index in [4.69, 9.17) is 9.52 Å². The molecule has 0 aliphatic carbocycles. The number of carboxylic acids is 1. The molecule has 2 heterocycles. The van der Waals surface area contributed by atoms with Crippen molar-refractivity contribution in [1.82, 2.24) is 4.98 Å². The largest absolute Gasteiger partial charge is 0.478 e. The van der Waals surface area contributed by atoms with E-state index in [0.29, 0.717) is 16.7 Å². The fourth-order valence-corrected chi connectivity index (χ4v) is 1.94. The number of carboxylic acid groups (broad SMARTS) is 1. The zero-order valence-corrected chi connectivity index (χ0v) is 10.2. The van der Waals surface area contributed by atoms with Gasteiger partial charge in [0.25, 0.3) is 0 Å². The third kappa shape index (κ3) is 2.05. The Morgan fingerprint density at radius 1 is 1.20 bits per heavy atom. The van der Waals surface area contributed by atoms with Gasteiger partial charge in [0, 0.05) is 24.0 Å². The number of benzene rings is 1. The molecule has 0 bridgehead atoms. The molecule has 5 heteroatoms. The van der Waals surface area contributed by atoms with Crippen LogP contribution < -0.4 is 5.43 Å². The van der Waals surface area contributed by atoms with E-state index in [-0.39, 0.29) is 16.6 Å². The predicted octanol–water partition coefficient (Wildman–Crippen LogP) is 2.55. The van der Waals surface area contributed by atoms with Gasteiger partial charge in [0.1, 0.15) is 11.3 Å². The molecule has 0 saturated carbocycles. The highest BCUT2D eigenvalue weighted by Gasteiger charge is 2.10. The van der Waals surface area contributed by atoms with Gasteiger partial charge in [-0.15, -0.1) is 0 Å². The summed E-state index contributed by atoms with van der Waals surface area (Å²) in [6.45, 7) is 0. The minimum Gasteiger partial charge on any atom is -0.478 e. The molecular formula is C15H9NO4. The number of carbonyl (C=O) groups is 1. The second kappa shape index (κ2) is 4.62. The predicted molar refractivity (Wildman–Crippen MR) is 72.7 cm³/mol. The van der Waals surface area contributed by atoms with E-state index < -0.39 is 5.97 Å². The fraction of sp³-hybridized carbons (Fsp3) is 0. The average molecular weight is 267 g/mol. The molecule has 0 atom stereocenters. The zero-order valence-electron chi connectivity index (χ0n) is 10.2. The molecule has 0 unspecified atom stereocenters. The average Bonchev–Trinajstić information content (AvgIpc) is 2.47. The van der Waals surface area contributed by atoms with Crippen molar-refractivity contribution in [2.75, 3.05) is 0 Å². The summed E-state index contributed by atoms with van der Waals surface area (Å²) in [5.41, 5.74) is 0.759. The Labute approximate surface area is 113 Å². The summed E-state index contributed by atoms with van der Waals surface area (Å²) in [4.78, 5) is 26.9. The van der Waals surface area contributed by atoms with E-state index in [9.17, 15) is 9.59 Å². The van der Waals surface area contributed by atoms with Gasteiger partial charge in [-0.1, -0.05) is 0 Å². The first-order chi connectivity index (χ1) is 9.65. The molecule has 0 aliphatic rings. The second-order valence-corrected chi connectivity index (χ2v) is 4.23. The third-order valence-corrected chi connectivity index (χ3v) is 2.92. The van der Waals surface area contributed by atoms with E-state index >= 15 is 0 Å². The normalized spacial score (nSPS) is 10.6. The van der Waals surface area contributed by atoms with E-state index in [1.807, 2.05) is 0 Å². The molecule has 98 valence electrons. The zero-order chi connectivity index (χ0) is 14.1. The number of hydrogen-bond acceptors (Lipinski definition) is 4. The molecule has 0 spiro atoms. The van der Waals surface area contributed by atoms with Crippen molar-refractivity contribution in [1.29, 1.82) is 0 Å². The van der Waals surface area contributed by atoms with Crippen molar-refractivity contribution < 1.29 is 14.3 Å². The first-order valence-corrected chi connectivity index (χ1v) is 5.87. The summed E-state index contributed by atoms with van der Waals surface area (Å²) in [6.07, 6.45) is 3.19. The Morgan fingerprint density at radius 2 is 2.05 bits per heavy atom. The number of fused-ring (bicyclic) bond motifs is 1. The minimum absolute atomic E-state index is 0.0731. The molecule has 5 nitrogen and oxygen atoms in total. The molecular weight excluding hydrogens is 258 g/mol. The van der Waals surface area contributed by atoms with Crippen LogP contribution in [0.4, 0.5) is 0 Å². The maximum atomic E-state index is 12.0. The molecule has 0 amide bonds. The molecule has 0 saturated heterocycles. The summed E-state index contributed by atoms with van der Waals surface area (Å²) in [7, 11) is 0. The quantitative estimate of drug-likeness (QED) is 0.771. The maximum Gasteiger partial charge on any atom is 0.335 e. The van der Waals surface area contributed by atoms with Crippen molar-refractivity contribution in [3.05, 3.63) is 64.6 Å². The lowest BCUT2D eigenvalue weighted by Gasteiger charge is -2.03. The molecule has 0 radical (unpaired) electrons. The van der Waals surface area contributed by atoms with Gasteiger partial charge < -0.3 is 9.52 Å². The number of nitrogens with zero attached hydrogens (tertiary/aromatic N) is 1. The van der Waals surface area contributed by atoms with Gasteiger partial charge in [-0.25, -0.2) is 4.79 Å². The number of aromatic nitrogens is 1. The summed E-state index contributed by atoms with van der Waals surface area (Å²) in [6, 6.07) is 9.05. The molecule has 3 aromatic rings. The monoisotopic (exact) mass is 267 g/mol. The Balaban J connectivity index is 2.27. The van der Waals surface area contributed by atoms with Crippen LogP contribution in [0.25, 0.3) is 22.3 Å². The van der Waals surface area contributed by atoms with Gasteiger partial charge in [0.2, 0.25) is 0 Å². The van der Waals surface area contributed by atoms with Crippen molar-refractivity contribution in [3.8, 4) is 11.3 Å². The van der Waals surface area contributed by atoms with Crippen molar-refractivity contribution in [2.24, 2.45) is 0 Å². The standard InChI is InChI=1S/C15H9NO4/c17-12-7-13(10-2-1-5-16-8-10)20-14-6-9(15(18)19)3-4-11(12)14/h1-8H,(H,18,19). The highest BCUT2D eigenvalue weighted by molar-refractivity contribution is 5.92. The molecule has 0 fully saturated rings. The lowest BCUT2D eigenvalue weighted by Crippen LogP contribution is -2.02. The Hall–Kier alpha value is -2.95. The topological polar surface area (TPSA) is 80.4 Å². The van der Waals surface area contributed by atoms with Gasteiger partial charge in [-0.3, -0.25) is 9.78 Å². The highest BCUT2D eigenvalue weighted by atomic mass is 16.4. The number of rotatable bonds is 2. The molecule has 1 aromatic carbocycles. The molecule has 0 aliphatic heterocycles. The van der Waals surface area contributed by atoms with Gasteiger partial charge in [-0.2, -0.15) is 0 Å². The minimum atomic E-state index is -1.07. The Kier molecular flexibility index (Phi) is 2.80. The van der Waals surface area contributed by atoms with Crippen LogP contribution in [0.3, 0.4) is 0 Å². The van der Waals surface area contributed by atoms with Crippen LogP contribution in [-0.4, -0.2) is 16.1 Å². The van der Waals surface area contributed by atoms with Crippen LogP contribution in [0, 0.1) is 0 Å². The van der Waals surface area contributed by atoms with Crippen molar-refractivity contribution in [2.45, 2.75) is 0 Å². The number of aromatic carboxylic acids is 1. The molecule has 1 N–H and O–H groups in total. The van der Waals surface area contributed by atoms with Crippen LogP contribution in [0.2, 0.25) is 0 Å². The van der Waals surface area contributed by atoms with Crippen molar-refractivity contribution in [3.63, 3.8) is 0 Å². The van der Waals surface area contributed by atoms with Crippen molar-refractivity contribution >= 4 is 16.9 Å². The smallest absolute Gasteiger partial charge is 0.335 e. The van der Waals surface area contributed by atoms with Crippen LogP contribution in [0.1, 0.15) is 10.4 Å². The second-order valence-electron chi connectivity index (χ2n) is 4.23. The SMILES string of the molecule is O=C(O)c1ccc2c(=O)cc(-c3cccnc3)oc2c1. The van der Waals surface area contributed by atoms with E-state index in [2.05, 4.69) is 4.98 Å². The third-order valence-electron chi connectivity index (χ3n) is 2.92. The van der Waals surface area contributed by atoms with E-state index in [0.717, 1.165) is 0 Å². The van der Waals surface area contributed by atoms with Crippen LogP contribution in [-0.2, 0) is 0 Å². The molecule has 2 aromatic heterocycles. The first-order valence-electron chi connectivity index (χ1n) is 5.87. The van der Waals surface area contributed by atoms with E-state index in [1.54, 1.807) is 24.5 Å². The summed E-state index contributed by atoms with van der Waals surface area (Å²) < 4.78 is 5.62. The van der Waals surface area contributed by atoms with Gasteiger partial charge in [0.05, 0.1) is 10.9 Å². The van der Waals surface area contributed by atoms with Gasteiger partial charge in [-0.05, 0) is 30.3 Å². The lowest BCUT2D eigenvalue weighted by atomic mass is 10.1. The summed E-state index contributed by atoms with van der Waals surface area (Å²) in [5, 5.41) is 9.32. The van der Waals surface area contributed by atoms with Crippen LogP contribution >= 0.6 is 0 Å². The van der Waals surface area contributed by atoms with Gasteiger partial charge >= 0.3 is 5.97 Å². The molecule has 3 rings (SSSR count). The maximum absolute atomic E-state index is 12.0. The van der Waals surface area contributed by atoms with Crippen LogP contribution in [0.15, 0.2) is 58.0 Å². The fourth-order valence-electron chi connectivity index (χ4n) is 1.94. The molecule has 20 heavy (non-hydrogen) atoms.